The molecule has 0 aliphatic heterocycles. The topological polar surface area (TPSA) is 27.8 Å². The third kappa shape index (κ3) is 1.99. The molecular weight excluding hydrogens is 232 g/mol. The number of benzene rings is 1. The molecule has 0 bridgehead atoms. The zero-order valence-corrected chi connectivity index (χ0v) is 12.4. The molecule has 1 aromatic heterocycles. The summed E-state index contributed by atoms with van der Waals surface area (Å²) in [5.74, 6) is 0.788. The van der Waals surface area contributed by atoms with Crippen molar-refractivity contribution < 1.29 is 0 Å². The molecule has 2 heteroatoms. The first-order valence-electron chi connectivity index (χ1n) is 7.19. The van der Waals surface area contributed by atoms with Crippen LogP contribution in [-0.2, 0) is 6.54 Å². The highest BCUT2D eigenvalue weighted by Gasteiger charge is 2.63. The molecule has 0 spiro atoms. The molecule has 2 aromatic rings. The van der Waals surface area contributed by atoms with E-state index in [-0.39, 0.29) is 0 Å². The lowest BCUT2D eigenvalue weighted by molar-refractivity contribution is 0.457. The van der Waals surface area contributed by atoms with Crippen LogP contribution < -0.4 is 5.32 Å². The van der Waals surface area contributed by atoms with Crippen molar-refractivity contribution in [3.05, 3.63) is 36.0 Å². The quantitative estimate of drug-likeness (QED) is 0.852. The fourth-order valence-corrected chi connectivity index (χ4v) is 3.42. The van der Waals surface area contributed by atoms with Gasteiger partial charge >= 0.3 is 0 Å². The van der Waals surface area contributed by atoms with E-state index in [9.17, 15) is 0 Å². The SMILES string of the molecule is CC1(C)C(CNCc2ccc3[nH]ccc3c2)C1(C)C. The van der Waals surface area contributed by atoms with Crippen molar-refractivity contribution in [3.63, 3.8) is 0 Å². The summed E-state index contributed by atoms with van der Waals surface area (Å²) in [6.07, 6.45) is 2.00. The van der Waals surface area contributed by atoms with E-state index in [1.165, 1.54) is 16.5 Å². The van der Waals surface area contributed by atoms with Crippen molar-refractivity contribution in [3.8, 4) is 0 Å². The van der Waals surface area contributed by atoms with E-state index in [4.69, 9.17) is 0 Å². The lowest BCUT2D eigenvalue weighted by Crippen LogP contribution is -2.18. The Morgan fingerprint density at radius 2 is 1.84 bits per heavy atom. The summed E-state index contributed by atoms with van der Waals surface area (Å²) in [4.78, 5) is 3.23. The molecule has 0 amide bonds. The predicted molar refractivity (Wildman–Crippen MR) is 81.1 cm³/mol. The van der Waals surface area contributed by atoms with E-state index >= 15 is 0 Å². The molecule has 0 saturated heterocycles. The van der Waals surface area contributed by atoms with Crippen LogP contribution >= 0.6 is 0 Å². The first kappa shape index (κ1) is 12.7. The summed E-state index contributed by atoms with van der Waals surface area (Å²) in [6.45, 7) is 11.6. The van der Waals surface area contributed by atoms with E-state index in [2.05, 4.69) is 62.3 Å². The van der Waals surface area contributed by atoms with E-state index in [0.29, 0.717) is 10.8 Å². The molecule has 0 unspecified atom stereocenters. The van der Waals surface area contributed by atoms with Crippen LogP contribution in [0.1, 0.15) is 33.3 Å². The van der Waals surface area contributed by atoms with Gasteiger partial charge in [0.25, 0.3) is 0 Å². The van der Waals surface area contributed by atoms with Crippen LogP contribution in [0.15, 0.2) is 30.5 Å². The third-order valence-electron chi connectivity index (χ3n) is 5.61. The molecule has 1 fully saturated rings. The first-order chi connectivity index (χ1) is 8.93. The molecule has 0 radical (unpaired) electrons. The van der Waals surface area contributed by atoms with Gasteiger partial charge in [-0.25, -0.2) is 0 Å². The van der Waals surface area contributed by atoms with Gasteiger partial charge in [-0.2, -0.15) is 0 Å². The summed E-state index contributed by atoms with van der Waals surface area (Å²) >= 11 is 0. The number of rotatable bonds is 4. The monoisotopic (exact) mass is 256 g/mol. The Bertz CT molecular complexity index is 578. The summed E-state index contributed by atoms with van der Waals surface area (Å²) < 4.78 is 0. The van der Waals surface area contributed by atoms with Gasteiger partial charge in [-0.15, -0.1) is 0 Å². The summed E-state index contributed by atoms with van der Waals surface area (Å²) in [7, 11) is 0. The second-order valence-corrected chi connectivity index (χ2v) is 7.03. The second kappa shape index (κ2) is 4.11. The number of aromatic amines is 1. The van der Waals surface area contributed by atoms with Gasteiger partial charge in [-0.05, 0) is 52.4 Å². The van der Waals surface area contributed by atoms with Crippen molar-refractivity contribution in [2.75, 3.05) is 6.54 Å². The average molecular weight is 256 g/mol. The van der Waals surface area contributed by atoms with Gasteiger partial charge in [0.05, 0.1) is 0 Å². The number of aromatic nitrogens is 1. The standard InChI is InChI=1S/C17H24N2/c1-16(2)15(17(16,3)4)11-18-10-12-5-6-14-13(9-12)7-8-19-14/h5-9,15,18-19H,10-11H2,1-4H3. The van der Waals surface area contributed by atoms with Gasteiger partial charge in [-0.1, -0.05) is 33.8 Å². The van der Waals surface area contributed by atoms with Gasteiger partial charge < -0.3 is 10.3 Å². The van der Waals surface area contributed by atoms with Gasteiger partial charge in [0.15, 0.2) is 0 Å². The smallest absolute Gasteiger partial charge is 0.0454 e. The van der Waals surface area contributed by atoms with Crippen LogP contribution in [0.4, 0.5) is 0 Å². The van der Waals surface area contributed by atoms with Crippen molar-refractivity contribution in [2.24, 2.45) is 16.7 Å². The summed E-state index contributed by atoms with van der Waals surface area (Å²) in [6, 6.07) is 8.76. The summed E-state index contributed by atoms with van der Waals surface area (Å²) in [5.41, 5.74) is 3.53. The maximum absolute atomic E-state index is 3.62. The van der Waals surface area contributed by atoms with E-state index in [1.54, 1.807) is 0 Å². The Morgan fingerprint density at radius 1 is 1.11 bits per heavy atom. The molecule has 1 saturated carbocycles. The van der Waals surface area contributed by atoms with Gasteiger partial charge in [0, 0.05) is 18.3 Å². The maximum Gasteiger partial charge on any atom is 0.0454 e. The molecule has 3 rings (SSSR count). The molecule has 1 aliphatic rings. The largest absolute Gasteiger partial charge is 0.361 e. The fourth-order valence-electron chi connectivity index (χ4n) is 3.42. The Morgan fingerprint density at radius 3 is 2.53 bits per heavy atom. The highest BCUT2D eigenvalue weighted by Crippen LogP contribution is 2.67. The van der Waals surface area contributed by atoms with Crippen LogP contribution in [0, 0.1) is 16.7 Å². The zero-order valence-electron chi connectivity index (χ0n) is 12.4. The second-order valence-electron chi connectivity index (χ2n) is 7.03. The minimum absolute atomic E-state index is 0.477. The predicted octanol–water partition coefficient (Wildman–Crippen LogP) is 3.94. The van der Waals surface area contributed by atoms with Crippen molar-refractivity contribution >= 4 is 10.9 Å². The lowest BCUT2D eigenvalue weighted by Gasteiger charge is -2.06. The van der Waals surface area contributed by atoms with Crippen LogP contribution in [0.2, 0.25) is 0 Å². The fraction of sp³-hybridized carbons (Fsp3) is 0.529. The van der Waals surface area contributed by atoms with E-state index in [0.717, 1.165) is 19.0 Å². The molecular formula is C17H24N2. The average Bonchev–Trinajstić information content (AvgIpc) is 2.74. The zero-order chi connectivity index (χ0) is 13.7. The molecule has 102 valence electrons. The number of hydrogen-bond donors (Lipinski definition) is 2. The Kier molecular flexibility index (Phi) is 2.75. The van der Waals surface area contributed by atoms with Crippen molar-refractivity contribution in [1.29, 1.82) is 0 Å². The number of H-pyrrole nitrogens is 1. The Balaban J connectivity index is 1.58. The molecule has 1 aromatic carbocycles. The number of fused-ring (bicyclic) bond motifs is 1. The maximum atomic E-state index is 3.62. The van der Waals surface area contributed by atoms with Crippen molar-refractivity contribution in [1.82, 2.24) is 10.3 Å². The normalized spacial score (nSPS) is 20.8. The highest BCUT2D eigenvalue weighted by molar-refractivity contribution is 5.79. The van der Waals surface area contributed by atoms with Crippen LogP contribution in [0.3, 0.4) is 0 Å². The van der Waals surface area contributed by atoms with Crippen LogP contribution in [0.5, 0.6) is 0 Å². The van der Waals surface area contributed by atoms with Crippen LogP contribution in [-0.4, -0.2) is 11.5 Å². The number of hydrogen-bond acceptors (Lipinski definition) is 1. The minimum atomic E-state index is 0.477. The van der Waals surface area contributed by atoms with E-state index < -0.39 is 0 Å². The van der Waals surface area contributed by atoms with Crippen molar-refractivity contribution in [2.45, 2.75) is 34.2 Å². The molecule has 19 heavy (non-hydrogen) atoms. The number of nitrogens with one attached hydrogen (secondary N) is 2. The molecule has 2 nitrogen and oxygen atoms in total. The highest BCUT2D eigenvalue weighted by atomic mass is 14.9. The lowest BCUT2D eigenvalue weighted by atomic mass is 10.0. The van der Waals surface area contributed by atoms with Gasteiger partial charge in [-0.3, -0.25) is 0 Å². The van der Waals surface area contributed by atoms with Gasteiger partial charge in [0.1, 0.15) is 0 Å². The van der Waals surface area contributed by atoms with Gasteiger partial charge in [0.2, 0.25) is 0 Å². The third-order valence-corrected chi connectivity index (χ3v) is 5.61. The Labute approximate surface area is 115 Å². The molecule has 2 N–H and O–H groups in total. The molecule has 1 heterocycles. The first-order valence-corrected chi connectivity index (χ1v) is 7.19. The Hall–Kier alpha value is -1.28. The summed E-state index contributed by atoms with van der Waals surface area (Å²) in [5, 5.41) is 4.92. The van der Waals surface area contributed by atoms with E-state index in [1.807, 2.05) is 6.20 Å². The molecule has 0 atom stereocenters. The minimum Gasteiger partial charge on any atom is -0.361 e. The van der Waals surface area contributed by atoms with Crippen LogP contribution in [0.25, 0.3) is 10.9 Å². The molecule has 1 aliphatic carbocycles.